The van der Waals surface area contributed by atoms with Gasteiger partial charge in [0.25, 0.3) is 5.56 Å². The smallest absolute Gasteiger partial charge is 0.273 e. The second-order valence-corrected chi connectivity index (χ2v) is 9.88. The first kappa shape index (κ1) is 23.3. The molecular formula is C24H28N6O4S. The van der Waals surface area contributed by atoms with Crippen LogP contribution in [-0.2, 0) is 16.1 Å². The molecule has 35 heavy (non-hydrogen) atoms. The molecule has 1 saturated heterocycles. The molecule has 1 aromatic carbocycles. The van der Waals surface area contributed by atoms with E-state index in [2.05, 4.69) is 25.5 Å². The van der Waals surface area contributed by atoms with Gasteiger partial charge in [0.15, 0.2) is 10.8 Å². The first-order valence-corrected chi connectivity index (χ1v) is 12.8. The van der Waals surface area contributed by atoms with Gasteiger partial charge in [0.1, 0.15) is 23.3 Å². The van der Waals surface area contributed by atoms with Crippen molar-refractivity contribution in [3.63, 3.8) is 0 Å². The van der Waals surface area contributed by atoms with E-state index in [1.165, 1.54) is 22.2 Å². The molecule has 11 heteroatoms. The van der Waals surface area contributed by atoms with Gasteiger partial charge < -0.3 is 20.3 Å². The third kappa shape index (κ3) is 5.45. The number of amides is 2. The van der Waals surface area contributed by atoms with Crippen LogP contribution in [0.5, 0.6) is 5.75 Å². The molecule has 2 fully saturated rings. The number of hydrogen-bond acceptors (Lipinski definition) is 8. The highest BCUT2D eigenvalue weighted by Gasteiger charge is 2.31. The van der Waals surface area contributed by atoms with Gasteiger partial charge in [0.05, 0.1) is 12.5 Å². The SMILES string of the molecule is CCOc1ccc(NC(=O)Cn2cnc3nc(N4CCC[C@H](C(=O)NC5CC5)C4)sc3c2=O)cc1. The number of anilines is 2. The second-order valence-electron chi connectivity index (χ2n) is 8.90. The van der Waals surface area contributed by atoms with E-state index in [1.54, 1.807) is 24.3 Å². The van der Waals surface area contributed by atoms with Crippen molar-refractivity contribution < 1.29 is 14.3 Å². The van der Waals surface area contributed by atoms with Crippen LogP contribution in [-0.4, -0.2) is 52.1 Å². The number of benzene rings is 1. The number of rotatable bonds is 8. The number of carbonyl (C=O) groups excluding carboxylic acids is 2. The summed E-state index contributed by atoms with van der Waals surface area (Å²) >= 11 is 1.26. The number of ether oxygens (including phenoxy) is 1. The van der Waals surface area contributed by atoms with E-state index in [0.29, 0.717) is 40.4 Å². The van der Waals surface area contributed by atoms with Crippen molar-refractivity contribution in [2.45, 2.75) is 45.2 Å². The molecule has 2 aromatic heterocycles. The lowest BCUT2D eigenvalue weighted by molar-refractivity contribution is -0.125. The Morgan fingerprint density at radius 1 is 1.20 bits per heavy atom. The van der Waals surface area contributed by atoms with Gasteiger partial charge in [-0.25, -0.2) is 4.98 Å². The van der Waals surface area contributed by atoms with E-state index in [4.69, 9.17) is 4.74 Å². The Morgan fingerprint density at radius 3 is 2.74 bits per heavy atom. The maximum Gasteiger partial charge on any atom is 0.273 e. The number of aromatic nitrogens is 3. The van der Waals surface area contributed by atoms with E-state index in [9.17, 15) is 14.4 Å². The Kier molecular flexibility index (Phi) is 6.67. The Balaban J connectivity index is 1.26. The highest BCUT2D eigenvalue weighted by atomic mass is 32.1. The topological polar surface area (TPSA) is 118 Å². The summed E-state index contributed by atoms with van der Waals surface area (Å²) in [6.45, 7) is 3.68. The highest BCUT2D eigenvalue weighted by molar-refractivity contribution is 7.22. The molecule has 1 aliphatic heterocycles. The maximum atomic E-state index is 13.0. The molecule has 3 heterocycles. The number of nitrogens with zero attached hydrogens (tertiary/aromatic N) is 4. The lowest BCUT2D eigenvalue weighted by Gasteiger charge is -2.31. The van der Waals surface area contributed by atoms with Crippen molar-refractivity contribution >= 4 is 44.3 Å². The minimum atomic E-state index is -0.331. The average molecular weight is 497 g/mol. The molecule has 1 atom stereocenters. The standard InChI is InChI=1S/C24H28N6O4S/c1-2-34-18-9-7-16(8-10-18)26-19(31)13-30-14-25-21-20(23(30)33)35-24(28-21)29-11-3-4-15(12-29)22(32)27-17-5-6-17/h7-10,14-15,17H,2-6,11-13H2,1H3,(H,26,31)(H,27,32)/t15-/m0/s1. The molecule has 1 saturated carbocycles. The van der Waals surface area contributed by atoms with Gasteiger partial charge in [-0.15, -0.1) is 0 Å². The molecule has 10 nitrogen and oxygen atoms in total. The van der Waals surface area contributed by atoms with Crippen LogP contribution in [0.3, 0.4) is 0 Å². The Bertz CT molecular complexity index is 1280. The number of nitrogens with one attached hydrogen (secondary N) is 2. The summed E-state index contributed by atoms with van der Waals surface area (Å²) in [6, 6.07) is 7.39. The molecule has 2 N–H and O–H groups in total. The first-order valence-electron chi connectivity index (χ1n) is 11.9. The number of fused-ring (bicyclic) bond motifs is 1. The Morgan fingerprint density at radius 2 is 2.00 bits per heavy atom. The van der Waals surface area contributed by atoms with Crippen LogP contribution in [0.25, 0.3) is 10.3 Å². The Hall–Kier alpha value is -3.47. The largest absolute Gasteiger partial charge is 0.494 e. The van der Waals surface area contributed by atoms with Gasteiger partial charge in [-0.3, -0.25) is 19.0 Å². The highest BCUT2D eigenvalue weighted by Crippen LogP contribution is 2.30. The molecule has 184 valence electrons. The predicted molar refractivity (Wildman–Crippen MR) is 134 cm³/mol. The fraction of sp³-hybridized carbons (Fsp3) is 0.458. The van der Waals surface area contributed by atoms with Gasteiger partial charge in [-0.1, -0.05) is 11.3 Å². The van der Waals surface area contributed by atoms with Crippen LogP contribution >= 0.6 is 11.3 Å². The molecular weight excluding hydrogens is 468 g/mol. The van der Waals surface area contributed by atoms with Crippen LogP contribution in [0.1, 0.15) is 32.6 Å². The average Bonchev–Trinajstić information content (AvgIpc) is 3.56. The quantitative estimate of drug-likeness (QED) is 0.492. The normalized spacial score (nSPS) is 17.9. The van der Waals surface area contributed by atoms with E-state index in [0.717, 1.165) is 38.0 Å². The molecule has 1 aliphatic carbocycles. The number of carbonyl (C=O) groups is 2. The lowest BCUT2D eigenvalue weighted by atomic mass is 9.97. The molecule has 0 unspecified atom stereocenters. The van der Waals surface area contributed by atoms with Crippen LogP contribution in [0.4, 0.5) is 10.8 Å². The third-order valence-corrected chi connectivity index (χ3v) is 7.22. The molecule has 2 amide bonds. The van der Waals surface area contributed by atoms with Crippen LogP contribution < -0.4 is 25.8 Å². The molecule has 3 aromatic rings. The lowest BCUT2D eigenvalue weighted by Crippen LogP contribution is -2.43. The fourth-order valence-electron chi connectivity index (χ4n) is 4.15. The summed E-state index contributed by atoms with van der Waals surface area (Å²) in [4.78, 5) is 49.0. The van der Waals surface area contributed by atoms with E-state index < -0.39 is 0 Å². The van der Waals surface area contributed by atoms with Crippen LogP contribution in [0.15, 0.2) is 35.4 Å². The number of thiazole rings is 1. The van der Waals surface area contributed by atoms with E-state index in [1.807, 2.05) is 6.92 Å². The van der Waals surface area contributed by atoms with Crippen molar-refractivity contribution in [3.05, 3.63) is 40.9 Å². The van der Waals surface area contributed by atoms with Gasteiger partial charge in [0, 0.05) is 24.8 Å². The minimum Gasteiger partial charge on any atom is -0.494 e. The fourth-order valence-corrected chi connectivity index (χ4v) is 5.15. The summed E-state index contributed by atoms with van der Waals surface area (Å²) in [6.07, 6.45) is 5.23. The van der Waals surface area contributed by atoms with Crippen molar-refractivity contribution in [2.24, 2.45) is 5.92 Å². The summed E-state index contributed by atoms with van der Waals surface area (Å²) in [7, 11) is 0. The van der Waals surface area contributed by atoms with Crippen molar-refractivity contribution in [1.82, 2.24) is 19.9 Å². The summed E-state index contributed by atoms with van der Waals surface area (Å²) < 4.78 is 7.10. The zero-order valence-corrected chi connectivity index (χ0v) is 20.3. The van der Waals surface area contributed by atoms with Crippen molar-refractivity contribution in [3.8, 4) is 5.75 Å². The molecule has 2 aliphatic rings. The second kappa shape index (κ2) is 10.0. The van der Waals surface area contributed by atoms with Crippen LogP contribution in [0.2, 0.25) is 0 Å². The molecule has 0 bridgehead atoms. The summed E-state index contributed by atoms with van der Waals surface area (Å²) in [5.41, 5.74) is 0.675. The predicted octanol–water partition coefficient (Wildman–Crippen LogP) is 2.39. The third-order valence-electron chi connectivity index (χ3n) is 6.12. The van der Waals surface area contributed by atoms with E-state index in [-0.39, 0.29) is 29.8 Å². The van der Waals surface area contributed by atoms with Gasteiger partial charge in [-0.2, -0.15) is 4.98 Å². The molecule has 5 rings (SSSR count). The zero-order valence-electron chi connectivity index (χ0n) is 19.5. The first-order chi connectivity index (χ1) is 17.0. The van der Waals surface area contributed by atoms with E-state index >= 15 is 0 Å². The molecule has 0 radical (unpaired) electrons. The Labute approximate surface area is 206 Å². The van der Waals surface area contributed by atoms with Gasteiger partial charge in [0.2, 0.25) is 11.8 Å². The maximum absolute atomic E-state index is 13.0. The van der Waals surface area contributed by atoms with Gasteiger partial charge in [-0.05, 0) is 56.9 Å². The van der Waals surface area contributed by atoms with Crippen molar-refractivity contribution in [1.29, 1.82) is 0 Å². The summed E-state index contributed by atoms with van der Waals surface area (Å²) in [5.74, 6) is 0.424. The number of hydrogen-bond donors (Lipinski definition) is 2. The molecule has 0 spiro atoms. The summed E-state index contributed by atoms with van der Waals surface area (Å²) in [5, 5.41) is 6.56. The minimum absolute atomic E-state index is 0.0766. The van der Waals surface area contributed by atoms with Crippen LogP contribution in [0, 0.1) is 5.92 Å². The zero-order chi connectivity index (χ0) is 24.4. The van der Waals surface area contributed by atoms with Crippen molar-refractivity contribution in [2.75, 3.05) is 29.9 Å². The monoisotopic (exact) mass is 496 g/mol. The number of piperidine rings is 1. The van der Waals surface area contributed by atoms with Gasteiger partial charge >= 0.3 is 0 Å².